The summed E-state index contributed by atoms with van der Waals surface area (Å²) in [4.78, 5) is 11.7. The van der Waals surface area contributed by atoms with Crippen molar-refractivity contribution in [3.63, 3.8) is 0 Å². The summed E-state index contributed by atoms with van der Waals surface area (Å²) in [6.45, 7) is 6.64. The Balaban J connectivity index is 1.60. The van der Waals surface area contributed by atoms with E-state index in [0.717, 1.165) is 31.1 Å². The van der Waals surface area contributed by atoms with Crippen LogP contribution in [0.4, 0.5) is 0 Å². The predicted molar refractivity (Wildman–Crippen MR) is 90.7 cm³/mol. The molecule has 120 valence electrons. The number of nitrogens with one attached hydrogen (secondary N) is 1. The molecule has 0 aromatic heterocycles. The van der Waals surface area contributed by atoms with E-state index < -0.39 is 0 Å². The van der Waals surface area contributed by atoms with Crippen LogP contribution < -0.4 is 5.32 Å². The van der Waals surface area contributed by atoms with E-state index in [-0.39, 0.29) is 5.91 Å². The Labute approximate surface area is 133 Å². The van der Waals surface area contributed by atoms with Gasteiger partial charge in [-0.15, -0.1) is 0 Å². The number of carbonyl (C=O) groups excluding carboxylic acids is 1. The van der Waals surface area contributed by atoms with Crippen LogP contribution in [0.2, 0.25) is 0 Å². The number of ether oxygens (including phenoxy) is 1. The number of amides is 1. The van der Waals surface area contributed by atoms with E-state index in [1.807, 2.05) is 18.2 Å². The Morgan fingerprint density at radius 2 is 2.05 bits per heavy atom. The first-order valence-electron chi connectivity index (χ1n) is 8.29. The molecule has 3 heteroatoms. The van der Waals surface area contributed by atoms with Gasteiger partial charge in [-0.2, -0.15) is 0 Å². The number of carbonyl (C=O) groups is 1. The molecule has 3 nitrogen and oxygen atoms in total. The van der Waals surface area contributed by atoms with E-state index in [9.17, 15) is 4.79 Å². The lowest BCUT2D eigenvalue weighted by molar-refractivity contribution is -0.116. The molecular weight excluding hydrogens is 274 g/mol. The molecule has 1 aromatic rings. The minimum absolute atomic E-state index is 0.0462. The maximum Gasteiger partial charge on any atom is 0.244 e. The summed E-state index contributed by atoms with van der Waals surface area (Å²) in [6, 6.07) is 8.31. The summed E-state index contributed by atoms with van der Waals surface area (Å²) >= 11 is 0. The highest BCUT2D eigenvalue weighted by molar-refractivity contribution is 5.91. The molecule has 0 radical (unpaired) electrons. The molecule has 1 aliphatic carbocycles. The highest BCUT2D eigenvalue weighted by atomic mass is 16.5. The summed E-state index contributed by atoms with van der Waals surface area (Å²) in [7, 11) is 0. The van der Waals surface area contributed by atoms with Crippen molar-refractivity contribution < 1.29 is 9.53 Å². The van der Waals surface area contributed by atoms with Gasteiger partial charge in [-0.25, -0.2) is 0 Å². The van der Waals surface area contributed by atoms with Crippen LogP contribution in [-0.2, 0) is 9.53 Å². The number of hydrogen-bond acceptors (Lipinski definition) is 2. The molecule has 1 aliphatic rings. The minimum atomic E-state index is -0.0462. The van der Waals surface area contributed by atoms with Crippen LogP contribution in [0.5, 0.6) is 0 Å². The first-order valence-corrected chi connectivity index (χ1v) is 8.29. The van der Waals surface area contributed by atoms with E-state index in [1.54, 1.807) is 6.08 Å². The average molecular weight is 301 g/mol. The largest absolute Gasteiger partial charge is 0.381 e. The molecule has 0 spiro atoms. The SMILES string of the molecule is CC(C)c1ccc(/C=C/C(=O)NCCCOCC2CC2)cc1. The Morgan fingerprint density at radius 3 is 2.68 bits per heavy atom. The van der Waals surface area contributed by atoms with Gasteiger partial charge in [0, 0.05) is 25.8 Å². The van der Waals surface area contributed by atoms with Crippen molar-refractivity contribution in [2.24, 2.45) is 5.92 Å². The normalized spacial score (nSPS) is 14.7. The van der Waals surface area contributed by atoms with Gasteiger partial charge in [-0.05, 0) is 48.3 Å². The standard InChI is InChI=1S/C19H27NO2/c1-15(2)18-9-6-16(7-10-18)8-11-19(21)20-12-3-13-22-14-17-4-5-17/h6-11,15,17H,3-5,12-14H2,1-2H3,(H,20,21)/b11-8+. The molecule has 1 amide bonds. The summed E-state index contributed by atoms with van der Waals surface area (Å²) in [5.41, 5.74) is 2.36. The van der Waals surface area contributed by atoms with E-state index in [4.69, 9.17) is 4.74 Å². The average Bonchev–Trinajstić information content (AvgIpc) is 3.33. The predicted octanol–water partition coefficient (Wildman–Crippen LogP) is 3.76. The Bertz CT molecular complexity index is 487. The van der Waals surface area contributed by atoms with Gasteiger partial charge in [0.25, 0.3) is 0 Å². The molecule has 1 fully saturated rings. The van der Waals surface area contributed by atoms with Gasteiger partial charge >= 0.3 is 0 Å². The van der Waals surface area contributed by atoms with Gasteiger partial charge < -0.3 is 10.1 Å². The molecule has 0 bridgehead atoms. The number of rotatable bonds is 9. The molecule has 1 N–H and O–H groups in total. The molecular formula is C19H27NO2. The quantitative estimate of drug-likeness (QED) is 0.557. The lowest BCUT2D eigenvalue weighted by Gasteiger charge is -2.05. The van der Waals surface area contributed by atoms with Crippen LogP contribution in [0.3, 0.4) is 0 Å². The Kier molecular flexibility index (Phi) is 6.66. The van der Waals surface area contributed by atoms with Crippen LogP contribution in [0, 0.1) is 5.92 Å². The lowest BCUT2D eigenvalue weighted by Crippen LogP contribution is -2.23. The lowest BCUT2D eigenvalue weighted by atomic mass is 10.0. The Hall–Kier alpha value is -1.61. The van der Waals surface area contributed by atoms with Crippen molar-refractivity contribution >= 4 is 12.0 Å². The fourth-order valence-corrected chi connectivity index (χ4v) is 2.14. The molecule has 0 saturated heterocycles. The second-order valence-corrected chi connectivity index (χ2v) is 6.32. The molecule has 0 aliphatic heterocycles. The molecule has 22 heavy (non-hydrogen) atoms. The van der Waals surface area contributed by atoms with E-state index in [2.05, 4.69) is 31.3 Å². The zero-order chi connectivity index (χ0) is 15.8. The number of benzene rings is 1. The monoisotopic (exact) mass is 301 g/mol. The first-order chi connectivity index (χ1) is 10.6. The van der Waals surface area contributed by atoms with Crippen molar-refractivity contribution in [3.8, 4) is 0 Å². The zero-order valence-corrected chi connectivity index (χ0v) is 13.7. The summed E-state index contributed by atoms with van der Waals surface area (Å²) in [5, 5.41) is 2.88. The molecule has 1 saturated carbocycles. The zero-order valence-electron chi connectivity index (χ0n) is 13.7. The van der Waals surface area contributed by atoms with Crippen LogP contribution in [0.1, 0.15) is 50.2 Å². The maximum absolute atomic E-state index is 11.7. The van der Waals surface area contributed by atoms with Crippen LogP contribution >= 0.6 is 0 Å². The fourth-order valence-electron chi connectivity index (χ4n) is 2.14. The van der Waals surface area contributed by atoms with Crippen LogP contribution in [0.15, 0.2) is 30.3 Å². The third-order valence-corrected chi connectivity index (χ3v) is 3.85. The first kappa shape index (κ1) is 16.8. The van der Waals surface area contributed by atoms with Crippen molar-refractivity contribution in [2.75, 3.05) is 19.8 Å². The van der Waals surface area contributed by atoms with E-state index >= 15 is 0 Å². The third kappa shape index (κ3) is 6.44. The van der Waals surface area contributed by atoms with Gasteiger partial charge in [0.1, 0.15) is 0 Å². The molecule has 1 aromatic carbocycles. The second kappa shape index (κ2) is 8.74. The molecule has 0 unspecified atom stereocenters. The molecule has 2 rings (SSSR count). The smallest absolute Gasteiger partial charge is 0.244 e. The topological polar surface area (TPSA) is 38.3 Å². The summed E-state index contributed by atoms with van der Waals surface area (Å²) < 4.78 is 5.53. The summed E-state index contributed by atoms with van der Waals surface area (Å²) in [5.74, 6) is 1.29. The van der Waals surface area contributed by atoms with Gasteiger partial charge in [0.05, 0.1) is 0 Å². The summed E-state index contributed by atoms with van der Waals surface area (Å²) in [6.07, 6.45) is 6.95. The van der Waals surface area contributed by atoms with Crippen LogP contribution in [0.25, 0.3) is 6.08 Å². The van der Waals surface area contributed by atoms with E-state index in [0.29, 0.717) is 12.5 Å². The van der Waals surface area contributed by atoms with Crippen molar-refractivity contribution in [1.29, 1.82) is 0 Å². The van der Waals surface area contributed by atoms with Gasteiger partial charge in [-0.1, -0.05) is 38.1 Å². The van der Waals surface area contributed by atoms with Crippen molar-refractivity contribution in [1.82, 2.24) is 5.32 Å². The maximum atomic E-state index is 11.7. The van der Waals surface area contributed by atoms with Gasteiger partial charge in [0.2, 0.25) is 5.91 Å². The Morgan fingerprint density at radius 1 is 1.32 bits per heavy atom. The highest BCUT2D eigenvalue weighted by Gasteiger charge is 2.20. The van der Waals surface area contributed by atoms with Crippen molar-refractivity contribution in [3.05, 3.63) is 41.5 Å². The fraction of sp³-hybridized carbons (Fsp3) is 0.526. The molecule has 0 heterocycles. The van der Waals surface area contributed by atoms with Gasteiger partial charge in [0.15, 0.2) is 0 Å². The highest BCUT2D eigenvalue weighted by Crippen LogP contribution is 2.28. The second-order valence-electron chi connectivity index (χ2n) is 6.32. The van der Waals surface area contributed by atoms with Crippen LogP contribution in [-0.4, -0.2) is 25.7 Å². The number of hydrogen-bond donors (Lipinski definition) is 1. The van der Waals surface area contributed by atoms with E-state index in [1.165, 1.54) is 18.4 Å². The molecule has 0 atom stereocenters. The van der Waals surface area contributed by atoms with Gasteiger partial charge in [-0.3, -0.25) is 4.79 Å². The van der Waals surface area contributed by atoms with Crippen molar-refractivity contribution in [2.45, 2.75) is 39.0 Å². The third-order valence-electron chi connectivity index (χ3n) is 3.85. The minimum Gasteiger partial charge on any atom is -0.381 e.